The predicted octanol–water partition coefficient (Wildman–Crippen LogP) is 2.61. The summed E-state index contributed by atoms with van der Waals surface area (Å²) in [5, 5.41) is 4.20. The second-order valence-corrected chi connectivity index (χ2v) is 3.95. The van der Waals surface area contributed by atoms with Crippen molar-refractivity contribution < 1.29 is 4.42 Å². The fraction of sp³-hybridized carbons (Fsp3) is 0. The maximum Gasteiger partial charge on any atom is 0.221 e. The number of benzene rings is 1. The minimum atomic E-state index is 0.335. The number of nitrogen functional groups attached to an aromatic ring is 1. The smallest absolute Gasteiger partial charge is 0.221 e. The molecule has 0 aliphatic carbocycles. The minimum Gasteiger partial charge on any atom is -0.463 e. The molecule has 2 aromatic heterocycles. The number of aromatic nitrogens is 2. The summed E-state index contributed by atoms with van der Waals surface area (Å²) in [5.74, 6) is 0.996. The summed E-state index contributed by atoms with van der Waals surface area (Å²) < 4.78 is 6.68. The molecule has 0 unspecified atom stereocenters. The average molecular weight is 252 g/mol. The third-order valence-corrected chi connectivity index (χ3v) is 2.64. The van der Waals surface area contributed by atoms with E-state index in [2.05, 4.69) is 10.1 Å². The molecule has 94 valence electrons. The standard InChI is InChI=1S/C14H12N4O/c15-14-17-13(11-5-2-1-3-6-11)10-18(14)16-9-12-7-4-8-19-12/h1-10H,(H2,15,17)/b16-9+. The van der Waals surface area contributed by atoms with Crippen LogP contribution in [0.25, 0.3) is 11.3 Å². The number of imidazole rings is 1. The van der Waals surface area contributed by atoms with Gasteiger partial charge in [-0.05, 0) is 12.1 Å². The van der Waals surface area contributed by atoms with Gasteiger partial charge in [0.1, 0.15) is 5.76 Å². The molecule has 2 N–H and O–H groups in total. The van der Waals surface area contributed by atoms with Crippen LogP contribution in [0.2, 0.25) is 0 Å². The molecule has 0 aliphatic heterocycles. The van der Waals surface area contributed by atoms with Gasteiger partial charge in [0.25, 0.3) is 0 Å². The van der Waals surface area contributed by atoms with E-state index < -0.39 is 0 Å². The van der Waals surface area contributed by atoms with Crippen LogP contribution in [0.5, 0.6) is 0 Å². The summed E-state index contributed by atoms with van der Waals surface area (Å²) in [6.45, 7) is 0. The SMILES string of the molecule is Nc1nc(-c2ccccc2)cn1/N=C/c1ccco1. The van der Waals surface area contributed by atoms with Gasteiger partial charge in [-0.2, -0.15) is 5.10 Å². The van der Waals surface area contributed by atoms with Gasteiger partial charge in [-0.15, -0.1) is 0 Å². The maximum atomic E-state index is 5.83. The van der Waals surface area contributed by atoms with Gasteiger partial charge in [0.15, 0.2) is 0 Å². The lowest BCUT2D eigenvalue weighted by Crippen LogP contribution is -1.96. The van der Waals surface area contributed by atoms with Gasteiger partial charge in [-0.3, -0.25) is 0 Å². The lowest BCUT2D eigenvalue weighted by Gasteiger charge is -1.93. The Hall–Kier alpha value is -2.82. The molecule has 19 heavy (non-hydrogen) atoms. The third kappa shape index (κ3) is 2.40. The van der Waals surface area contributed by atoms with Gasteiger partial charge < -0.3 is 10.2 Å². The zero-order chi connectivity index (χ0) is 13.1. The van der Waals surface area contributed by atoms with Crippen LogP contribution in [-0.2, 0) is 0 Å². The van der Waals surface area contributed by atoms with Gasteiger partial charge in [0.05, 0.1) is 24.4 Å². The van der Waals surface area contributed by atoms with Crippen LogP contribution in [-0.4, -0.2) is 15.9 Å². The molecule has 0 spiro atoms. The fourth-order valence-corrected chi connectivity index (χ4v) is 1.71. The fourth-order valence-electron chi connectivity index (χ4n) is 1.71. The third-order valence-electron chi connectivity index (χ3n) is 2.64. The lowest BCUT2D eigenvalue weighted by molar-refractivity contribution is 0.559. The second kappa shape index (κ2) is 4.81. The van der Waals surface area contributed by atoms with E-state index in [4.69, 9.17) is 10.2 Å². The Morgan fingerprint density at radius 3 is 2.74 bits per heavy atom. The van der Waals surface area contributed by atoms with Gasteiger partial charge in [-0.25, -0.2) is 9.66 Å². The van der Waals surface area contributed by atoms with Crippen LogP contribution in [0.3, 0.4) is 0 Å². The van der Waals surface area contributed by atoms with Crippen molar-refractivity contribution in [2.45, 2.75) is 0 Å². The molecular formula is C14H12N4O. The number of furan rings is 1. The van der Waals surface area contributed by atoms with Crippen molar-refractivity contribution in [3.8, 4) is 11.3 Å². The zero-order valence-corrected chi connectivity index (χ0v) is 10.1. The van der Waals surface area contributed by atoms with E-state index >= 15 is 0 Å². The van der Waals surface area contributed by atoms with Crippen molar-refractivity contribution in [3.05, 3.63) is 60.7 Å². The van der Waals surface area contributed by atoms with Crippen molar-refractivity contribution in [2.75, 3.05) is 5.73 Å². The highest BCUT2D eigenvalue weighted by atomic mass is 16.3. The minimum absolute atomic E-state index is 0.335. The van der Waals surface area contributed by atoms with Gasteiger partial charge in [0, 0.05) is 5.56 Å². The van der Waals surface area contributed by atoms with Crippen LogP contribution >= 0.6 is 0 Å². The number of anilines is 1. The van der Waals surface area contributed by atoms with E-state index in [0.29, 0.717) is 11.7 Å². The van der Waals surface area contributed by atoms with Crippen molar-refractivity contribution >= 4 is 12.2 Å². The highest BCUT2D eigenvalue weighted by Crippen LogP contribution is 2.19. The van der Waals surface area contributed by atoms with Crippen LogP contribution < -0.4 is 5.73 Å². The summed E-state index contributed by atoms with van der Waals surface area (Å²) in [5.41, 5.74) is 7.61. The summed E-state index contributed by atoms with van der Waals surface area (Å²) in [4.78, 5) is 4.28. The predicted molar refractivity (Wildman–Crippen MR) is 73.8 cm³/mol. The number of hydrogen-bond donors (Lipinski definition) is 1. The first kappa shape index (κ1) is 11.3. The largest absolute Gasteiger partial charge is 0.463 e. The van der Waals surface area contributed by atoms with Crippen molar-refractivity contribution in [1.29, 1.82) is 0 Å². The molecule has 5 heteroatoms. The molecule has 0 bridgehead atoms. The average Bonchev–Trinajstić information content (AvgIpc) is 3.07. The Kier molecular flexibility index (Phi) is 2.86. The van der Waals surface area contributed by atoms with E-state index in [-0.39, 0.29) is 0 Å². The molecule has 0 saturated heterocycles. The lowest BCUT2D eigenvalue weighted by atomic mass is 10.2. The van der Waals surface area contributed by atoms with E-state index in [1.54, 1.807) is 24.7 Å². The first-order valence-corrected chi connectivity index (χ1v) is 5.81. The Balaban J connectivity index is 1.90. The molecule has 1 aromatic carbocycles. The molecule has 0 radical (unpaired) electrons. The Morgan fingerprint density at radius 1 is 1.16 bits per heavy atom. The van der Waals surface area contributed by atoms with Crippen LogP contribution in [0, 0.1) is 0 Å². The first-order chi connectivity index (χ1) is 9.33. The normalized spacial score (nSPS) is 11.2. The summed E-state index contributed by atoms with van der Waals surface area (Å²) >= 11 is 0. The van der Waals surface area contributed by atoms with E-state index in [1.165, 1.54) is 4.68 Å². The van der Waals surface area contributed by atoms with Crippen molar-refractivity contribution in [3.63, 3.8) is 0 Å². The van der Waals surface area contributed by atoms with Gasteiger partial charge in [0.2, 0.25) is 5.95 Å². The van der Waals surface area contributed by atoms with Crippen LogP contribution in [0.1, 0.15) is 5.76 Å². The van der Waals surface area contributed by atoms with Gasteiger partial charge >= 0.3 is 0 Å². The maximum absolute atomic E-state index is 5.83. The summed E-state index contributed by atoms with van der Waals surface area (Å²) in [6.07, 6.45) is 4.96. The molecule has 0 atom stereocenters. The van der Waals surface area contributed by atoms with Crippen LogP contribution in [0.4, 0.5) is 5.95 Å². The molecule has 0 saturated carbocycles. The highest BCUT2D eigenvalue weighted by molar-refractivity contribution is 5.75. The van der Waals surface area contributed by atoms with E-state index in [9.17, 15) is 0 Å². The molecule has 0 aliphatic rings. The molecule has 5 nitrogen and oxygen atoms in total. The zero-order valence-electron chi connectivity index (χ0n) is 10.1. The summed E-state index contributed by atoms with van der Waals surface area (Å²) in [7, 11) is 0. The quantitative estimate of drug-likeness (QED) is 0.728. The first-order valence-electron chi connectivity index (χ1n) is 5.81. The Labute approximate surface area is 110 Å². The molecule has 0 amide bonds. The van der Waals surface area contributed by atoms with Gasteiger partial charge in [-0.1, -0.05) is 30.3 Å². The Bertz CT molecular complexity index is 684. The monoisotopic (exact) mass is 252 g/mol. The number of nitrogens with two attached hydrogens (primary N) is 1. The van der Waals surface area contributed by atoms with Crippen molar-refractivity contribution in [2.24, 2.45) is 5.10 Å². The topological polar surface area (TPSA) is 69.3 Å². The molecule has 3 rings (SSSR count). The van der Waals surface area contributed by atoms with E-state index in [1.807, 2.05) is 36.4 Å². The Morgan fingerprint density at radius 2 is 2.00 bits per heavy atom. The van der Waals surface area contributed by atoms with E-state index in [0.717, 1.165) is 11.3 Å². The van der Waals surface area contributed by atoms with Crippen LogP contribution in [0.15, 0.2) is 64.4 Å². The molecule has 0 fully saturated rings. The molecular weight excluding hydrogens is 240 g/mol. The highest BCUT2D eigenvalue weighted by Gasteiger charge is 2.05. The van der Waals surface area contributed by atoms with Crippen molar-refractivity contribution in [1.82, 2.24) is 9.66 Å². The summed E-state index contributed by atoms with van der Waals surface area (Å²) in [6, 6.07) is 13.4. The number of nitrogens with zero attached hydrogens (tertiary/aromatic N) is 3. The second-order valence-electron chi connectivity index (χ2n) is 3.95. The molecule has 3 aromatic rings. The number of rotatable bonds is 3. The number of hydrogen-bond acceptors (Lipinski definition) is 4. The molecule has 2 heterocycles.